The van der Waals surface area contributed by atoms with E-state index in [4.69, 9.17) is 11.6 Å². The van der Waals surface area contributed by atoms with E-state index in [9.17, 15) is 18.4 Å². The maximum absolute atomic E-state index is 14.7. The first-order chi connectivity index (χ1) is 17.2. The van der Waals surface area contributed by atoms with Crippen LogP contribution in [-0.4, -0.2) is 29.9 Å². The lowest BCUT2D eigenvalue weighted by Crippen LogP contribution is -2.54. The van der Waals surface area contributed by atoms with Gasteiger partial charge in [0, 0.05) is 34.8 Å². The largest absolute Gasteiger partial charge is 0.352 e. The van der Waals surface area contributed by atoms with Crippen LogP contribution >= 0.6 is 11.6 Å². The van der Waals surface area contributed by atoms with Crippen molar-refractivity contribution in [3.63, 3.8) is 0 Å². The van der Waals surface area contributed by atoms with Gasteiger partial charge < -0.3 is 16.0 Å². The van der Waals surface area contributed by atoms with Crippen molar-refractivity contribution in [2.45, 2.75) is 83.3 Å². The third kappa shape index (κ3) is 4.44. The van der Waals surface area contributed by atoms with E-state index in [0.29, 0.717) is 22.6 Å². The van der Waals surface area contributed by atoms with Gasteiger partial charge in [-0.25, -0.2) is 8.78 Å². The minimum Gasteiger partial charge on any atom is -0.352 e. The zero-order valence-electron chi connectivity index (χ0n) is 21.8. The molecule has 1 aliphatic carbocycles. The van der Waals surface area contributed by atoms with E-state index in [0.717, 1.165) is 25.0 Å². The first-order valence-electron chi connectivity index (χ1n) is 12.8. The molecule has 3 N–H and O–H groups in total. The van der Waals surface area contributed by atoms with E-state index in [2.05, 4.69) is 50.6 Å². The van der Waals surface area contributed by atoms with Gasteiger partial charge in [0.05, 0.1) is 6.04 Å². The summed E-state index contributed by atoms with van der Waals surface area (Å²) in [4.78, 5) is 27.9. The van der Waals surface area contributed by atoms with E-state index >= 15 is 0 Å². The van der Waals surface area contributed by atoms with Crippen LogP contribution < -0.4 is 16.0 Å². The van der Waals surface area contributed by atoms with Crippen LogP contribution in [0.15, 0.2) is 36.4 Å². The normalized spacial score (nSPS) is 28.6. The van der Waals surface area contributed by atoms with Crippen molar-refractivity contribution in [2.24, 2.45) is 10.8 Å². The van der Waals surface area contributed by atoms with Gasteiger partial charge in [-0.15, -0.1) is 0 Å². The number of hydrogen-bond acceptors (Lipinski definition) is 3. The molecule has 2 fully saturated rings. The number of benzene rings is 2. The van der Waals surface area contributed by atoms with Gasteiger partial charge >= 0.3 is 0 Å². The van der Waals surface area contributed by atoms with E-state index in [1.807, 2.05) is 6.07 Å². The Morgan fingerprint density at radius 3 is 2.43 bits per heavy atom. The predicted molar refractivity (Wildman–Crippen MR) is 141 cm³/mol. The quantitative estimate of drug-likeness (QED) is 0.477. The fraction of sp³-hybridized carbons (Fsp3) is 0.517. The molecule has 0 radical (unpaired) electrons. The molecule has 4 unspecified atom stereocenters. The molecule has 5 nitrogen and oxygen atoms in total. The Labute approximate surface area is 221 Å². The van der Waals surface area contributed by atoms with Crippen LogP contribution in [0.2, 0.25) is 5.02 Å². The van der Waals surface area contributed by atoms with Crippen molar-refractivity contribution in [1.29, 1.82) is 0 Å². The molecule has 2 heterocycles. The highest BCUT2D eigenvalue weighted by Gasteiger charge is 2.66. The van der Waals surface area contributed by atoms with Crippen LogP contribution in [0.5, 0.6) is 0 Å². The van der Waals surface area contributed by atoms with Crippen molar-refractivity contribution >= 4 is 29.1 Å². The Morgan fingerprint density at radius 1 is 1.14 bits per heavy atom. The van der Waals surface area contributed by atoms with Gasteiger partial charge in [-0.3, -0.25) is 9.59 Å². The van der Waals surface area contributed by atoms with Gasteiger partial charge in [0.1, 0.15) is 5.41 Å². The molecule has 8 heteroatoms. The molecule has 198 valence electrons. The minimum atomic E-state index is -1.34. The summed E-state index contributed by atoms with van der Waals surface area (Å²) in [6, 6.07) is 8.02. The van der Waals surface area contributed by atoms with Crippen LogP contribution in [0.25, 0.3) is 0 Å². The van der Waals surface area contributed by atoms with Gasteiger partial charge in [0.2, 0.25) is 11.8 Å². The minimum absolute atomic E-state index is 0.0539. The number of hydrogen-bond donors (Lipinski definition) is 3. The Hall–Kier alpha value is -2.51. The maximum Gasteiger partial charge on any atom is 0.238 e. The molecule has 2 aromatic carbocycles. The van der Waals surface area contributed by atoms with Gasteiger partial charge in [0.25, 0.3) is 0 Å². The highest BCUT2D eigenvalue weighted by Crippen LogP contribution is 2.57. The average molecular weight is 530 g/mol. The molecule has 2 aliphatic heterocycles. The highest BCUT2D eigenvalue weighted by atomic mass is 35.5. The van der Waals surface area contributed by atoms with Gasteiger partial charge in [-0.05, 0) is 59.4 Å². The second-order valence-electron chi connectivity index (χ2n) is 12.9. The average Bonchev–Trinajstić information content (AvgIpc) is 3.22. The second kappa shape index (κ2) is 8.77. The monoisotopic (exact) mass is 529 g/mol. The Balaban J connectivity index is 1.68. The van der Waals surface area contributed by atoms with Crippen molar-refractivity contribution in [2.75, 3.05) is 5.32 Å². The summed E-state index contributed by atoms with van der Waals surface area (Å²) in [6.45, 7) is 10.5. The van der Waals surface area contributed by atoms with Gasteiger partial charge in [-0.2, -0.15) is 0 Å². The van der Waals surface area contributed by atoms with Crippen LogP contribution in [0, 0.1) is 22.5 Å². The van der Waals surface area contributed by atoms with Crippen molar-refractivity contribution in [1.82, 2.24) is 10.6 Å². The SMILES string of the molecule is CC(C)(C)CC1NC(C(=O)NC2CC(C)(C)C2)C(c2cccc(Cl)c2)C12C(=O)Nc1cc(F)c(F)cc12. The number of rotatable bonds is 4. The lowest BCUT2D eigenvalue weighted by atomic mass is 9.62. The molecular formula is C29H34ClF2N3O2. The first-order valence-corrected chi connectivity index (χ1v) is 13.2. The molecule has 1 spiro atoms. The number of carbonyl (C=O) groups excluding carboxylic acids is 2. The molecule has 4 atom stereocenters. The number of carbonyl (C=O) groups is 2. The predicted octanol–water partition coefficient (Wildman–Crippen LogP) is 5.67. The van der Waals surface area contributed by atoms with Crippen molar-refractivity contribution in [3.8, 4) is 0 Å². The lowest BCUT2D eigenvalue weighted by molar-refractivity contribution is -0.125. The topological polar surface area (TPSA) is 70.2 Å². The Morgan fingerprint density at radius 2 is 1.81 bits per heavy atom. The van der Waals surface area contributed by atoms with Crippen LogP contribution in [0.4, 0.5) is 14.5 Å². The maximum atomic E-state index is 14.7. The van der Waals surface area contributed by atoms with E-state index in [1.165, 1.54) is 0 Å². The fourth-order valence-corrected chi connectivity index (χ4v) is 7.00. The summed E-state index contributed by atoms with van der Waals surface area (Å²) < 4.78 is 29.0. The third-order valence-electron chi connectivity index (χ3n) is 8.14. The summed E-state index contributed by atoms with van der Waals surface area (Å²) in [5.74, 6) is -3.34. The van der Waals surface area contributed by atoms with E-state index in [1.54, 1.807) is 18.2 Å². The number of anilines is 1. The molecule has 2 amide bonds. The molecule has 2 aromatic rings. The van der Waals surface area contributed by atoms with E-state index < -0.39 is 35.1 Å². The zero-order chi connectivity index (χ0) is 26.9. The number of amides is 2. The summed E-state index contributed by atoms with van der Waals surface area (Å²) in [5, 5.41) is 9.95. The number of fused-ring (bicyclic) bond motifs is 2. The molecule has 5 rings (SSSR count). The zero-order valence-corrected chi connectivity index (χ0v) is 22.6. The first kappa shape index (κ1) is 26.1. The number of halogens is 3. The third-order valence-corrected chi connectivity index (χ3v) is 8.37. The molecule has 1 saturated carbocycles. The van der Waals surface area contributed by atoms with E-state index in [-0.39, 0.29) is 34.4 Å². The van der Waals surface area contributed by atoms with Crippen LogP contribution in [0.1, 0.15) is 70.9 Å². The molecular weight excluding hydrogens is 496 g/mol. The van der Waals surface area contributed by atoms with Gasteiger partial charge in [0.15, 0.2) is 11.6 Å². The van der Waals surface area contributed by atoms with Crippen LogP contribution in [-0.2, 0) is 15.0 Å². The highest BCUT2D eigenvalue weighted by molar-refractivity contribution is 6.30. The Kier molecular flexibility index (Phi) is 6.19. The summed E-state index contributed by atoms with van der Waals surface area (Å²) in [6.07, 6.45) is 2.27. The molecule has 0 bridgehead atoms. The molecule has 0 aromatic heterocycles. The molecule has 1 saturated heterocycles. The van der Waals surface area contributed by atoms with Gasteiger partial charge in [-0.1, -0.05) is 58.4 Å². The molecule has 37 heavy (non-hydrogen) atoms. The molecule has 3 aliphatic rings. The second-order valence-corrected chi connectivity index (χ2v) is 13.3. The Bertz CT molecular complexity index is 1270. The summed E-state index contributed by atoms with van der Waals surface area (Å²) >= 11 is 6.39. The standard InChI is InChI=1S/C29H34ClF2N3O2/c1-27(2,3)14-22-29(18-10-19(31)20(32)11-21(18)34-26(29)37)23(15-7-6-8-16(30)9-15)24(35-22)25(36)33-17-12-28(4,5)13-17/h6-11,17,22-24,35H,12-14H2,1-5H3,(H,33,36)(H,34,37). The summed E-state index contributed by atoms with van der Waals surface area (Å²) in [7, 11) is 0. The number of nitrogens with one attached hydrogen (secondary N) is 3. The smallest absolute Gasteiger partial charge is 0.238 e. The van der Waals surface area contributed by atoms with Crippen LogP contribution in [0.3, 0.4) is 0 Å². The fourth-order valence-electron chi connectivity index (χ4n) is 6.80. The summed E-state index contributed by atoms with van der Waals surface area (Å²) in [5.41, 5.74) is -0.105. The van der Waals surface area contributed by atoms with Crippen molar-refractivity contribution < 1.29 is 18.4 Å². The van der Waals surface area contributed by atoms with Crippen molar-refractivity contribution in [3.05, 3.63) is 64.2 Å². The lowest BCUT2D eigenvalue weighted by Gasteiger charge is -2.43.